The van der Waals surface area contributed by atoms with E-state index in [2.05, 4.69) is 0 Å². The van der Waals surface area contributed by atoms with E-state index >= 15 is 0 Å². The number of alkyl halides is 1. The van der Waals surface area contributed by atoms with Gasteiger partial charge in [-0.05, 0) is 12.1 Å². The highest BCUT2D eigenvalue weighted by Crippen LogP contribution is 2.34. The highest BCUT2D eigenvalue weighted by Gasteiger charge is 2.27. The number of rotatable bonds is 4. The van der Waals surface area contributed by atoms with E-state index in [1.807, 2.05) is 0 Å². The Kier molecular flexibility index (Phi) is 3.68. The first-order valence-corrected chi connectivity index (χ1v) is 4.76. The molecule has 0 saturated carbocycles. The zero-order valence-electron chi connectivity index (χ0n) is 8.40. The Morgan fingerprint density at radius 3 is 2.69 bits per heavy atom. The number of ketones is 1. The van der Waals surface area contributed by atoms with Gasteiger partial charge in [-0.3, -0.25) is 14.9 Å². The minimum atomic E-state index is -0.725. The topological polar surface area (TPSA) is 95.5 Å². The van der Waals surface area contributed by atoms with Gasteiger partial charge in [-0.2, -0.15) is 0 Å². The third-order valence-electron chi connectivity index (χ3n) is 1.97. The van der Waals surface area contributed by atoms with Crippen LogP contribution in [0, 0.1) is 10.1 Å². The van der Waals surface area contributed by atoms with Crippen LogP contribution in [0.4, 0.5) is 11.4 Å². The van der Waals surface area contributed by atoms with Crippen molar-refractivity contribution < 1.29 is 14.5 Å². The average molecular weight is 245 g/mol. The van der Waals surface area contributed by atoms with Gasteiger partial charge in [0.2, 0.25) is 0 Å². The second kappa shape index (κ2) is 4.80. The van der Waals surface area contributed by atoms with Crippen molar-refractivity contribution in [1.82, 2.24) is 0 Å². The molecule has 0 atom stereocenters. The predicted octanol–water partition coefficient (Wildman–Crippen LogP) is 1.61. The first-order valence-electron chi connectivity index (χ1n) is 4.23. The molecule has 1 rings (SSSR count). The van der Waals surface area contributed by atoms with Crippen molar-refractivity contribution in [2.24, 2.45) is 0 Å². The fourth-order valence-corrected chi connectivity index (χ4v) is 1.43. The number of nitrogens with two attached hydrogens (primary N) is 1. The standard InChI is InChI=1S/C9H9ClN2O4/c1-16-7-3-2-5(11)9(12(14)15)8(7)6(13)4-10/h2-3H,4,11H2,1H3. The number of hydrogen-bond donors (Lipinski definition) is 1. The molecule has 0 aromatic heterocycles. The van der Waals surface area contributed by atoms with Gasteiger partial charge in [0.25, 0.3) is 0 Å². The summed E-state index contributed by atoms with van der Waals surface area (Å²) in [5.41, 5.74) is 4.69. The van der Waals surface area contributed by atoms with Crippen LogP contribution in [0.5, 0.6) is 5.75 Å². The number of halogens is 1. The van der Waals surface area contributed by atoms with Crippen LogP contribution in [-0.2, 0) is 0 Å². The van der Waals surface area contributed by atoms with E-state index in [-0.39, 0.29) is 22.9 Å². The summed E-state index contributed by atoms with van der Waals surface area (Å²) < 4.78 is 4.87. The number of nitrogens with zero attached hydrogens (tertiary/aromatic N) is 1. The maximum Gasteiger partial charge on any atom is 0.306 e. The molecule has 0 fully saturated rings. The fraction of sp³-hybridized carbons (Fsp3) is 0.222. The monoisotopic (exact) mass is 244 g/mol. The second-order valence-corrected chi connectivity index (χ2v) is 3.16. The number of ether oxygens (including phenoxy) is 1. The molecule has 0 unspecified atom stereocenters. The average Bonchev–Trinajstić information content (AvgIpc) is 2.27. The lowest BCUT2D eigenvalue weighted by atomic mass is 10.1. The lowest BCUT2D eigenvalue weighted by Gasteiger charge is -2.08. The van der Waals surface area contributed by atoms with Crippen LogP contribution in [0.1, 0.15) is 10.4 Å². The number of anilines is 1. The summed E-state index contributed by atoms with van der Waals surface area (Å²) in [6.45, 7) is 0. The van der Waals surface area contributed by atoms with Crippen molar-refractivity contribution in [2.75, 3.05) is 18.7 Å². The van der Waals surface area contributed by atoms with Crippen LogP contribution < -0.4 is 10.5 Å². The van der Waals surface area contributed by atoms with Gasteiger partial charge >= 0.3 is 5.69 Å². The molecule has 0 amide bonds. The molecule has 7 heteroatoms. The molecule has 16 heavy (non-hydrogen) atoms. The molecule has 1 aromatic rings. The molecular formula is C9H9ClN2O4. The summed E-state index contributed by atoms with van der Waals surface area (Å²) in [4.78, 5) is 21.6. The molecule has 86 valence electrons. The summed E-state index contributed by atoms with van der Waals surface area (Å²) in [7, 11) is 1.31. The van der Waals surface area contributed by atoms with Crippen molar-refractivity contribution >= 4 is 28.8 Å². The smallest absolute Gasteiger partial charge is 0.306 e. The van der Waals surface area contributed by atoms with Gasteiger partial charge in [0.05, 0.1) is 17.9 Å². The zero-order chi connectivity index (χ0) is 12.3. The molecule has 0 aliphatic carbocycles. The van der Waals surface area contributed by atoms with Gasteiger partial charge in [0.15, 0.2) is 5.78 Å². The van der Waals surface area contributed by atoms with Crippen molar-refractivity contribution in [3.05, 3.63) is 27.8 Å². The molecule has 0 radical (unpaired) electrons. The molecule has 0 aliphatic heterocycles. The zero-order valence-corrected chi connectivity index (χ0v) is 9.15. The summed E-state index contributed by atoms with van der Waals surface area (Å²) in [6.07, 6.45) is 0. The molecule has 0 spiro atoms. The Labute approximate surface area is 96.1 Å². The SMILES string of the molecule is COc1ccc(N)c([N+](=O)[O-])c1C(=O)CCl. The highest BCUT2D eigenvalue weighted by molar-refractivity contribution is 6.31. The lowest BCUT2D eigenvalue weighted by molar-refractivity contribution is -0.384. The molecule has 0 saturated heterocycles. The number of methoxy groups -OCH3 is 1. The number of nitro groups is 1. The third-order valence-corrected chi connectivity index (χ3v) is 2.22. The summed E-state index contributed by atoms with van der Waals surface area (Å²) in [5.74, 6) is -0.884. The predicted molar refractivity (Wildman–Crippen MR) is 59.1 cm³/mol. The van der Waals surface area contributed by atoms with E-state index < -0.39 is 16.4 Å². The Morgan fingerprint density at radius 1 is 1.62 bits per heavy atom. The number of nitro benzene ring substituents is 1. The highest BCUT2D eigenvalue weighted by atomic mass is 35.5. The fourth-order valence-electron chi connectivity index (χ4n) is 1.29. The largest absolute Gasteiger partial charge is 0.496 e. The van der Waals surface area contributed by atoms with Gasteiger partial charge in [-0.25, -0.2) is 0 Å². The number of Topliss-reactive ketones (excluding diaryl/α,β-unsaturated/α-hetero) is 1. The van der Waals surface area contributed by atoms with Gasteiger partial charge < -0.3 is 10.5 Å². The Morgan fingerprint density at radius 2 is 2.25 bits per heavy atom. The van der Waals surface area contributed by atoms with E-state index in [9.17, 15) is 14.9 Å². The second-order valence-electron chi connectivity index (χ2n) is 2.89. The van der Waals surface area contributed by atoms with Crippen molar-refractivity contribution in [3.8, 4) is 5.75 Å². The maximum absolute atomic E-state index is 11.5. The van der Waals surface area contributed by atoms with Crippen LogP contribution in [0.25, 0.3) is 0 Å². The number of carbonyl (C=O) groups is 1. The van der Waals surface area contributed by atoms with Gasteiger partial charge in [0, 0.05) is 0 Å². The molecule has 0 aliphatic rings. The van der Waals surface area contributed by atoms with E-state index in [1.54, 1.807) is 0 Å². The first-order chi connectivity index (χ1) is 7.52. The van der Waals surface area contributed by atoms with Crippen molar-refractivity contribution in [1.29, 1.82) is 0 Å². The van der Waals surface area contributed by atoms with Gasteiger partial charge in [-0.15, -0.1) is 11.6 Å². The van der Waals surface area contributed by atoms with Gasteiger partial charge in [-0.1, -0.05) is 0 Å². The number of benzene rings is 1. The molecule has 0 bridgehead atoms. The summed E-state index contributed by atoms with van der Waals surface area (Å²) in [6, 6.07) is 2.70. The van der Waals surface area contributed by atoms with E-state index in [0.29, 0.717) is 0 Å². The minimum absolute atomic E-state index is 0.0894. The lowest BCUT2D eigenvalue weighted by Crippen LogP contribution is -2.09. The first kappa shape index (κ1) is 12.3. The van der Waals surface area contributed by atoms with Crippen LogP contribution >= 0.6 is 11.6 Å². The van der Waals surface area contributed by atoms with E-state index in [4.69, 9.17) is 22.1 Å². The Hall–Kier alpha value is -1.82. The maximum atomic E-state index is 11.5. The Balaban J connectivity index is 3.55. The van der Waals surface area contributed by atoms with Crippen LogP contribution in [-0.4, -0.2) is 23.7 Å². The van der Waals surface area contributed by atoms with Crippen molar-refractivity contribution in [3.63, 3.8) is 0 Å². The van der Waals surface area contributed by atoms with Crippen LogP contribution in [0.3, 0.4) is 0 Å². The molecular weight excluding hydrogens is 236 g/mol. The quantitative estimate of drug-likeness (QED) is 0.285. The van der Waals surface area contributed by atoms with Crippen molar-refractivity contribution in [2.45, 2.75) is 0 Å². The summed E-state index contributed by atoms with van der Waals surface area (Å²) in [5, 5.41) is 10.8. The Bertz CT molecular complexity index is 447. The minimum Gasteiger partial charge on any atom is -0.496 e. The molecule has 6 nitrogen and oxygen atoms in total. The summed E-state index contributed by atoms with van der Waals surface area (Å²) >= 11 is 5.38. The normalized spacial score (nSPS) is 9.88. The number of hydrogen-bond acceptors (Lipinski definition) is 5. The van der Waals surface area contributed by atoms with Crippen LogP contribution in [0.15, 0.2) is 12.1 Å². The number of nitrogen functional groups attached to an aromatic ring is 1. The third kappa shape index (κ3) is 2.06. The number of carbonyl (C=O) groups excluding carboxylic acids is 1. The van der Waals surface area contributed by atoms with Crippen LogP contribution in [0.2, 0.25) is 0 Å². The van der Waals surface area contributed by atoms with E-state index in [0.717, 1.165) is 0 Å². The van der Waals surface area contributed by atoms with Gasteiger partial charge in [0.1, 0.15) is 17.0 Å². The molecule has 1 aromatic carbocycles. The molecule has 0 heterocycles. The van der Waals surface area contributed by atoms with E-state index in [1.165, 1.54) is 19.2 Å². The molecule has 2 N–H and O–H groups in total.